The molecule has 0 N–H and O–H groups in total. The zero-order valence-corrected chi connectivity index (χ0v) is 9.47. The molecule has 4 heteroatoms. The molecule has 1 aliphatic carbocycles. The Hall–Kier alpha value is -0.226. The fourth-order valence-corrected chi connectivity index (χ4v) is 2.29. The van der Waals surface area contributed by atoms with E-state index in [1.54, 1.807) is 0 Å². The van der Waals surface area contributed by atoms with Crippen molar-refractivity contribution in [3.8, 4) is 0 Å². The zero-order chi connectivity index (χ0) is 7.40. The molecule has 0 fully saturated rings. The third kappa shape index (κ3) is 1.63. The van der Waals surface area contributed by atoms with Gasteiger partial charge in [-0.3, -0.25) is 0 Å². The van der Waals surface area contributed by atoms with E-state index in [1.165, 1.54) is 0 Å². The fourth-order valence-electron chi connectivity index (χ4n) is 0.983. The lowest BCUT2D eigenvalue weighted by atomic mass is 10.1. The summed E-state index contributed by atoms with van der Waals surface area (Å²) in [7, 11) is -0.529. The maximum atomic E-state index is 5.46. The van der Waals surface area contributed by atoms with E-state index in [4.69, 9.17) is 8.85 Å². The Morgan fingerprint density at radius 1 is 1.00 bits per heavy atom. The van der Waals surface area contributed by atoms with E-state index in [-0.39, 0.29) is 19.5 Å². The van der Waals surface area contributed by atoms with Crippen LogP contribution in [0.15, 0.2) is 11.5 Å². The predicted molar refractivity (Wildman–Crippen MR) is 47.2 cm³/mol. The van der Waals surface area contributed by atoms with Crippen molar-refractivity contribution in [2.24, 2.45) is 0 Å². The van der Waals surface area contributed by atoms with Crippen molar-refractivity contribution in [3.05, 3.63) is 11.5 Å². The molecular formula is C6H14O2Si2. The summed E-state index contributed by atoms with van der Waals surface area (Å²) in [6.45, 7) is 4.29. The quantitative estimate of drug-likeness (QED) is 0.570. The second kappa shape index (κ2) is 3.82. The highest BCUT2D eigenvalue weighted by Crippen LogP contribution is 2.28. The molecule has 1 rings (SSSR count). The zero-order valence-electron chi connectivity index (χ0n) is 6.64. The first-order valence-corrected chi connectivity index (χ1v) is 7.84. The minimum atomic E-state index is -0.264. The third-order valence-corrected chi connectivity index (χ3v) is 2.80. The van der Waals surface area contributed by atoms with Gasteiger partial charge in [-0.15, -0.1) is 0 Å². The topological polar surface area (TPSA) is 18.5 Å². The van der Waals surface area contributed by atoms with Gasteiger partial charge < -0.3 is 8.85 Å². The first-order chi connectivity index (χ1) is 4.88. The fraction of sp³-hybridized carbons (Fsp3) is 0.667. The van der Waals surface area contributed by atoms with Crippen LogP contribution in [0.1, 0.15) is 12.8 Å². The lowest BCUT2D eigenvalue weighted by Gasteiger charge is -2.23. The summed E-state index contributed by atoms with van der Waals surface area (Å²) in [6, 6.07) is 0. The third-order valence-electron chi connectivity index (χ3n) is 1.53. The molecule has 0 unspecified atom stereocenters. The molecule has 0 aromatic heterocycles. The largest absolute Gasteiger partial charge is 0.550 e. The van der Waals surface area contributed by atoms with E-state index >= 15 is 0 Å². The van der Waals surface area contributed by atoms with Crippen LogP contribution in [0.25, 0.3) is 0 Å². The first-order valence-electron chi connectivity index (χ1n) is 3.86. The smallest absolute Gasteiger partial charge is 0.216 e. The van der Waals surface area contributed by atoms with Gasteiger partial charge in [0.15, 0.2) is 0 Å². The molecule has 0 saturated carbocycles. The minimum absolute atomic E-state index is 0.264. The van der Waals surface area contributed by atoms with Crippen molar-refractivity contribution >= 4 is 19.5 Å². The minimum Gasteiger partial charge on any atom is -0.550 e. The molecule has 0 spiro atoms. The van der Waals surface area contributed by atoms with E-state index in [0.717, 1.165) is 24.4 Å². The molecule has 0 amide bonds. The average molecular weight is 174 g/mol. The molecule has 0 bridgehead atoms. The second-order valence-electron chi connectivity index (χ2n) is 2.21. The van der Waals surface area contributed by atoms with Crippen LogP contribution in [0.5, 0.6) is 0 Å². The Bertz CT molecular complexity index is 129. The maximum Gasteiger partial charge on any atom is 0.216 e. The van der Waals surface area contributed by atoms with Gasteiger partial charge in [0.05, 0.1) is 0 Å². The molecule has 0 radical (unpaired) electrons. The molecule has 0 aliphatic heterocycles. The molecule has 0 aromatic rings. The van der Waals surface area contributed by atoms with Gasteiger partial charge in [0.25, 0.3) is 0 Å². The molecule has 0 heterocycles. The lowest BCUT2D eigenvalue weighted by molar-refractivity contribution is 0.294. The molecule has 0 saturated heterocycles. The van der Waals surface area contributed by atoms with Gasteiger partial charge in [0.2, 0.25) is 19.5 Å². The van der Waals surface area contributed by atoms with Gasteiger partial charge >= 0.3 is 0 Å². The standard InChI is InChI=1S/C6H14O2Si2/c1-9-7-5-3-4-6(5)8-10-2/h3-4,9-10H2,1-2H3. The van der Waals surface area contributed by atoms with Crippen molar-refractivity contribution in [3.63, 3.8) is 0 Å². The SMILES string of the molecule is C[SiH2]OC1=C(O[SiH2]C)CC1. The van der Waals surface area contributed by atoms with Gasteiger partial charge in [0, 0.05) is 12.8 Å². The van der Waals surface area contributed by atoms with Crippen LogP contribution in [-0.4, -0.2) is 19.5 Å². The Morgan fingerprint density at radius 3 is 1.60 bits per heavy atom. The van der Waals surface area contributed by atoms with Crippen molar-refractivity contribution < 1.29 is 8.85 Å². The normalized spacial score (nSPS) is 19.0. The number of rotatable bonds is 4. The molecular weight excluding hydrogens is 160 g/mol. The van der Waals surface area contributed by atoms with E-state index in [2.05, 4.69) is 13.1 Å². The number of hydrogen-bond acceptors (Lipinski definition) is 2. The Morgan fingerprint density at radius 2 is 1.40 bits per heavy atom. The van der Waals surface area contributed by atoms with Gasteiger partial charge in [-0.25, -0.2) is 0 Å². The van der Waals surface area contributed by atoms with Gasteiger partial charge in [0.1, 0.15) is 11.5 Å². The molecule has 0 atom stereocenters. The van der Waals surface area contributed by atoms with Gasteiger partial charge in [-0.05, 0) is 13.1 Å². The highest BCUT2D eigenvalue weighted by molar-refractivity contribution is 6.26. The van der Waals surface area contributed by atoms with Gasteiger partial charge in [-0.1, -0.05) is 0 Å². The summed E-state index contributed by atoms with van der Waals surface area (Å²) in [4.78, 5) is 0. The number of allylic oxidation sites excluding steroid dienone is 2. The average Bonchev–Trinajstić information content (AvgIpc) is 1.93. The van der Waals surface area contributed by atoms with Gasteiger partial charge in [-0.2, -0.15) is 0 Å². The molecule has 58 valence electrons. The van der Waals surface area contributed by atoms with Crippen LogP contribution in [0.3, 0.4) is 0 Å². The predicted octanol–water partition coefficient (Wildman–Crippen LogP) is 0.289. The molecule has 2 nitrogen and oxygen atoms in total. The van der Waals surface area contributed by atoms with Crippen LogP contribution in [0.2, 0.25) is 13.1 Å². The van der Waals surface area contributed by atoms with Crippen LogP contribution >= 0.6 is 0 Å². The van der Waals surface area contributed by atoms with E-state index in [0.29, 0.717) is 0 Å². The highest BCUT2D eigenvalue weighted by Gasteiger charge is 2.18. The summed E-state index contributed by atoms with van der Waals surface area (Å²) < 4.78 is 10.9. The van der Waals surface area contributed by atoms with Crippen molar-refractivity contribution in [1.29, 1.82) is 0 Å². The summed E-state index contributed by atoms with van der Waals surface area (Å²) in [5, 5.41) is 0. The summed E-state index contributed by atoms with van der Waals surface area (Å²) in [5.74, 6) is 2.31. The maximum absolute atomic E-state index is 5.46. The lowest BCUT2D eigenvalue weighted by Crippen LogP contribution is -2.12. The van der Waals surface area contributed by atoms with E-state index < -0.39 is 0 Å². The van der Waals surface area contributed by atoms with E-state index in [9.17, 15) is 0 Å². The van der Waals surface area contributed by atoms with E-state index in [1.807, 2.05) is 0 Å². The molecule has 10 heavy (non-hydrogen) atoms. The van der Waals surface area contributed by atoms with Crippen molar-refractivity contribution in [1.82, 2.24) is 0 Å². The Labute approximate surface area is 66.5 Å². The van der Waals surface area contributed by atoms with Crippen molar-refractivity contribution in [2.75, 3.05) is 0 Å². The highest BCUT2D eigenvalue weighted by atomic mass is 28.2. The van der Waals surface area contributed by atoms with Crippen LogP contribution < -0.4 is 0 Å². The molecule has 1 aliphatic rings. The summed E-state index contributed by atoms with van der Waals surface area (Å²) in [5.41, 5.74) is 0. The summed E-state index contributed by atoms with van der Waals surface area (Å²) >= 11 is 0. The Balaban J connectivity index is 2.34. The Kier molecular flexibility index (Phi) is 3.01. The molecule has 0 aromatic carbocycles. The number of hydrogen-bond donors (Lipinski definition) is 0. The van der Waals surface area contributed by atoms with Crippen LogP contribution in [0, 0.1) is 0 Å². The van der Waals surface area contributed by atoms with Crippen molar-refractivity contribution in [2.45, 2.75) is 25.9 Å². The monoisotopic (exact) mass is 174 g/mol. The first kappa shape index (κ1) is 7.88. The second-order valence-corrected chi connectivity index (χ2v) is 3.94. The van der Waals surface area contributed by atoms with Crippen LogP contribution in [0.4, 0.5) is 0 Å². The summed E-state index contributed by atoms with van der Waals surface area (Å²) in [6.07, 6.45) is 2.23. The van der Waals surface area contributed by atoms with Crippen LogP contribution in [-0.2, 0) is 8.85 Å².